The number of amides is 1. The van der Waals surface area contributed by atoms with Crippen molar-refractivity contribution < 1.29 is 19.0 Å². The number of benzene rings is 1. The smallest absolute Gasteiger partial charge is 0.243 e. The van der Waals surface area contributed by atoms with Gasteiger partial charge in [0, 0.05) is 40.3 Å². The summed E-state index contributed by atoms with van der Waals surface area (Å²) in [5, 5.41) is 6.58. The average Bonchev–Trinajstić information content (AvgIpc) is 2.76. The summed E-state index contributed by atoms with van der Waals surface area (Å²) in [5.41, 5.74) is 0. The normalized spacial score (nSPS) is 15.9. The zero-order chi connectivity index (χ0) is 21.8. The molecule has 1 aromatic rings. The van der Waals surface area contributed by atoms with Gasteiger partial charge in [-0.2, -0.15) is 0 Å². The molecule has 0 saturated carbocycles. The highest BCUT2D eigenvalue weighted by molar-refractivity contribution is 5.84. The quantitative estimate of drug-likeness (QED) is 0.418. The Morgan fingerprint density at radius 2 is 1.93 bits per heavy atom. The average molecular weight is 422 g/mol. The van der Waals surface area contributed by atoms with Crippen molar-refractivity contribution in [3.8, 4) is 11.5 Å². The molecule has 0 bridgehead atoms. The molecule has 2 rings (SSSR count). The van der Waals surface area contributed by atoms with Crippen molar-refractivity contribution >= 4 is 11.9 Å². The number of carbonyl (C=O) groups excluding carboxylic acids is 1. The van der Waals surface area contributed by atoms with Crippen LogP contribution in [-0.4, -0.2) is 101 Å². The first kappa shape index (κ1) is 23.8. The van der Waals surface area contributed by atoms with E-state index in [0.29, 0.717) is 24.0 Å². The summed E-state index contributed by atoms with van der Waals surface area (Å²) in [4.78, 5) is 20.2. The van der Waals surface area contributed by atoms with Gasteiger partial charge in [-0.25, -0.2) is 4.99 Å². The first-order valence-electron chi connectivity index (χ1n) is 10.3. The molecule has 2 N–H and O–H groups in total. The molecule has 1 fully saturated rings. The van der Waals surface area contributed by atoms with Gasteiger partial charge in [-0.15, -0.1) is 0 Å². The number of hydrogen-bond donors (Lipinski definition) is 2. The number of likely N-dealkylation sites (N-methyl/N-ethyl adjacent to an activating group) is 1. The van der Waals surface area contributed by atoms with E-state index < -0.39 is 0 Å². The Hall–Kier alpha value is -2.52. The molecule has 1 aliphatic rings. The van der Waals surface area contributed by atoms with Crippen LogP contribution in [0.1, 0.15) is 6.92 Å². The van der Waals surface area contributed by atoms with Crippen molar-refractivity contribution in [3.63, 3.8) is 0 Å². The molecule has 0 radical (unpaired) electrons. The molecule has 1 saturated heterocycles. The van der Waals surface area contributed by atoms with Gasteiger partial charge in [0.1, 0.15) is 12.6 Å². The van der Waals surface area contributed by atoms with Gasteiger partial charge in [-0.1, -0.05) is 12.1 Å². The summed E-state index contributed by atoms with van der Waals surface area (Å²) in [6, 6.07) is 7.55. The number of hydrogen-bond acceptors (Lipinski definition) is 6. The Morgan fingerprint density at radius 3 is 2.60 bits per heavy atom. The fourth-order valence-corrected chi connectivity index (χ4v) is 2.83. The Bertz CT molecular complexity index is 677. The molecule has 9 heteroatoms. The number of guanidine groups is 1. The molecular formula is C21H35N5O4. The van der Waals surface area contributed by atoms with Crippen molar-refractivity contribution in [2.45, 2.75) is 13.0 Å². The van der Waals surface area contributed by atoms with Crippen LogP contribution in [-0.2, 0) is 9.53 Å². The van der Waals surface area contributed by atoms with Gasteiger partial charge in [-0.3, -0.25) is 9.69 Å². The second-order valence-electron chi connectivity index (χ2n) is 7.29. The third-order valence-electron chi connectivity index (χ3n) is 4.65. The first-order chi connectivity index (χ1) is 14.5. The molecule has 9 nitrogen and oxygen atoms in total. The molecule has 1 aliphatic heterocycles. The van der Waals surface area contributed by atoms with Crippen LogP contribution in [0.3, 0.4) is 0 Å². The number of nitrogens with one attached hydrogen (secondary N) is 2. The highest BCUT2D eigenvalue weighted by Crippen LogP contribution is 2.26. The van der Waals surface area contributed by atoms with Gasteiger partial charge in [0.05, 0.1) is 26.9 Å². The predicted molar refractivity (Wildman–Crippen MR) is 117 cm³/mol. The fraction of sp³-hybridized carbons (Fsp3) is 0.619. The Kier molecular flexibility index (Phi) is 10.2. The van der Waals surface area contributed by atoms with E-state index in [4.69, 9.17) is 14.2 Å². The minimum Gasteiger partial charge on any atom is -0.493 e. The number of nitrogens with zero attached hydrogens (tertiary/aromatic N) is 3. The third-order valence-corrected chi connectivity index (χ3v) is 4.65. The Balaban J connectivity index is 1.87. The van der Waals surface area contributed by atoms with E-state index >= 15 is 0 Å². The maximum atomic E-state index is 11.9. The molecular weight excluding hydrogens is 386 g/mol. The molecule has 1 aromatic carbocycles. The van der Waals surface area contributed by atoms with Gasteiger partial charge < -0.3 is 29.7 Å². The summed E-state index contributed by atoms with van der Waals surface area (Å²) in [6.45, 7) is 7.61. The Morgan fingerprint density at radius 1 is 1.23 bits per heavy atom. The second-order valence-corrected chi connectivity index (χ2v) is 7.29. The van der Waals surface area contributed by atoms with E-state index in [2.05, 4.69) is 20.5 Å². The van der Waals surface area contributed by atoms with Gasteiger partial charge >= 0.3 is 0 Å². The lowest BCUT2D eigenvalue weighted by molar-refractivity contribution is -0.127. The van der Waals surface area contributed by atoms with Crippen molar-refractivity contribution in [2.24, 2.45) is 4.99 Å². The van der Waals surface area contributed by atoms with E-state index in [1.54, 1.807) is 21.2 Å². The lowest BCUT2D eigenvalue weighted by Crippen LogP contribution is -2.46. The molecule has 0 aromatic heterocycles. The van der Waals surface area contributed by atoms with E-state index in [-0.39, 0.29) is 18.6 Å². The van der Waals surface area contributed by atoms with Crippen molar-refractivity contribution in [2.75, 3.05) is 73.7 Å². The van der Waals surface area contributed by atoms with Gasteiger partial charge in [0.15, 0.2) is 17.5 Å². The van der Waals surface area contributed by atoms with Crippen LogP contribution in [0.5, 0.6) is 11.5 Å². The van der Waals surface area contributed by atoms with Crippen LogP contribution in [0, 0.1) is 0 Å². The van der Waals surface area contributed by atoms with E-state index in [0.717, 1.165) is 39.4 Å². The van der Waals surface area contributed by atoms with Crippen LogP contribution in [0.2, 0.25) is 0 Å². The molecule has 1 amide bonds. The number of rotatable bonds is 10. The van der Waals surface area contributed by atoms with Crippen LogP contribution < -0.4 is 20.1 Å². The molecule has 1 heterocycles. The van der Waals surface area contributed by atoms with E-state index in [1.807, 2.05) is 31.2 Å². The van der Waals surface area contributed by atoms with Crippen molar-refractivity contribution in [1.82, 2.24) is 20.4 Å². The lowest BCUT2D eigenvalue weighted by atomic mass is 10.3. The van der Waals surface area contributed by atoms with Gasteiger partial charge in [0.25, 0.3) is 0 Å². The molecule has 0 spiro atoms. The number of methoxy groups -OCH3 is 1. The number of ether oxygens (including phenoxy) is 3. The van der Waals surface area contributed by atoms with E-state index in [1.165, 1.54) is 4.90 Å². The number of aliphatic imine (C=N–C) groups is 1. The summed E-state index contributed by atoms with van der Waals surface area (Å²) >= 11 is 0. The van der Waals surface area contributed by atoms with Gasteiger partial charge in [0.2, 0.25) is 5.91 Å². The predicted octanol–water partition coefficient (Wildman–Crippen LogP) is 0.418. The third kappa shape index (κ3) is 8.46. The van der Waals surface area contributed by atoms with Crippen LogP contribution in [0.25, 0.3) is 0 Å². The zero-order valence-corrected chi connectivity index (χ0v) is 18.5. The van der Waals surface area contributed by atoms with Crippen molar-refractivity contribution in [3.05, 3.63) is 24.3 Å². The SMILES string of the molecule is COc1ccccc1OC(C)CNC(=NCC(=O)N(C)C)NCCN1CCOCC1. The van der Waals surface area contributed by atoms with Crippen molar-refractivity contribution in [1.29, 1.82) is 0 Å². The maximum absolute atomic E-state index is 11.9. The summed E-state index contributed by atoms with van der Waals surface area (Å²) in [6.07, 6.45) is -0.128. The van der Waals surface area contributed by atoms with Gasteiger partial charge in [-0.05, 0) is 19.1 Å². The minimum atomic E-state index is -0.128. The largest absolute Gasteiger partial charge is 0.493 e. The second kappa shape index (κ2) is 12.9. The maximum Gasteiger partial charge on any atom is 0.243 e. The monoisotopic (exact) mass is 421 g/mol. The lowest BCUT2D eigenvalue weighted by Gasteiger charge is -2.27. The fourth-order valence-electron chi connectivity index (χ4n) is 2.83. The Labute approximate surface area is 179 Å². The summed E-state index contributed by atoms with van der Waals surface area (Å²) in [5.74, 6) is 1.92. The highest BCUT2D eigenvalue weighted by atomic mass is 16.5. The molecule has 30 heavy (non-hydrogen) atoms. The number of para-hydroxylation sites is 2. The van der Waals surface area contributed by atoms with Crippen LogP contribution in [0.15, 0.2) is 29.3 Å². The highest BCUT2D eigenvalue weighted by Gasteiger charge is 2.12. The number of carbonyl (C=O) groups is 1. The topological polar surface area (TPSA) is 87.7 Å². The minimum absolute atomic E-state index is 0.0531. The zero-order valence-electron chi connectivity index (χ0n) is 18.5. The first-order valence-corrected chi connectivity index (χ1v) is 10.3. The molecule has 0 aliphatic carbocycles. The van der Waals surface area contributed by atoms with Crippen LogP contribution in [0.4, 0.5) is 0 Å². The molecule has 1 atom stereocenters. The van der Waals surface area contributed by atoms with Crippen LogP contribution >= 0.6 is 0 Å². The molecule has 168 valence electrons. The van der Waals surface area contributed by atoms with E-state index in [9.17, 15) is 4.79 Å². The number of morpholine rings is 1. The standard InChI is InChI=1S/C21H35N5O4/c1-17(30-19-8-6-5-7-18(19)28-4)15-23-21(24-16-20(27)25(2)3)22-9-10-26-11-13-29-14-12-26/h5-8,17H,9-16H2,1-4H3,(H2,22,23,24). The summed E-state index contributed by atoms with van der Waals surface area (Å²) < 4.78 is 16.7. The summed E-state index contributed by atoms with van der Waals surface area (Å²) in [7, 11) is 5.07. The molecule has 1 unspecified atom stereocenters.